The highest BCUT2D eigenvalue weighted by molar-refractivity contribution is 6.30. The van der Waals surface area contributed by atoms with Gasteiger partial charge in [-0.3, -0.25) is 9.69 Å². The number of cyclic esters (lactones) is 1. The van der Waals surface area contributed by atoms with Gasteiger partial charge in [-0.1, -0.05) is 23.8 Å². The number of hydrogen-bond acceptors (Lipinski definition) is 7. The normalized spacial score (nSPS) is 29.3. The Kier molecular flexibility index (Phi) is 6.75. The predicted molar refractivity (Wildman–Crippen MR) is 132 cm³/mol. The number of fused-ring (bicyclic) bond motifs is 3. The SMILES string of the molecule is COc1ccc2c(O[C@@H]3C[C@H]4C(=O)N[C@]5(C=O)C[C@H]5/C=C\CCCCOC(=O)N4C3)nc(Cl)cc2c1. The third-order valence-electron chi connectivity index (χ3n) is 7.03. The maximum Gasteiger partial charge on any atom is 0.410 e. The van der Waals surface area contributed by atoms with E-state index in [-0.39, 0.29) is 30.6 Å². The summed E-state index contributed by atoms with van der Waals surface area (Å²) in [5.41, 5.74) is -0.921. The molecule has 10 heteroatoms. The van der Waals surface area contributed by atoms with E-state index in [0.29, 0.717) is 24.5 Å². The number of pyridine rings is 1. The summed E-state index contributed by atoms with van der Waals surface area (Å²) < 4.78 is 17.0. The highest BCUT2D eigenvalue weighted by Gasteiger charge is 2.55. The first-order chi connectivity index (χ1) is 17.4. The van der Waals surface area contributed by atoms with Crippen LogP contribution in [0.2, 0.25) is 5.15 Å². The molecule has 2 aromatic rings. The topological polar surface area (TPSA) is 107 Å². The molecular weight excluding hydrogens is 486 g/mol. The van der Waals surface area contributed by atoms with Gasteiger partial charge in [0, 0.05) is 17.7 Å². The van der Waals surface area contributed by atoms with Crippen molar-refractivity contribution >= 4 is 40.7 Å². The average Bonchev–Trinajstić information content (AvgIpc) is 3.37. The van der Waals surface area contributed by atoms with Gasteiger partial charge >= 0.3 is 6.09 Å². The van der Waals surface area contributed by atoms with E-state index in [1.807, 2.05) is 24.3 Å². The van der Waals surface area contributed by atoms with E-state index in [2.05, 4.69) is 10.3 Å². The summed E-state index contributed by atoms with van der Waals surface area (Å²) >= 11 is 6.24. The van der Waals surface area contributed by atoms with Crippen LogP contribution in [0.3, 0.4) is 0 Å². The Labute approximate surface area is 213 Å². The van der Waals surface area contributed by atoms with Crippen molar-refractivity contribution in [2.24, 2.45) is 5.92 Å². The summed E-state index contributed by atoms with van der Waals surface area (Å²) in [5, 5.41) is 4.66. The molecule has 1 aromatic heterocycles. The number of benzene rings is 1. The standard InChI is InChI=1S/C26H28ClN3O6/c1-34-18-7-8-20-16(10-18)11-22(27)28-24(20)36-19-12-21-23(32)29-26(15-31)13-17(26)6-4-2-3-5-9-35-25(33)30(21)14-19/h4,6-8,10-11,15,17,19,21H,2-3,5,9,12-14H2,1H3,(H,29,32)/b6-4-/t17-,19-,21+,26+/m1/s1. The number of halogens is 1. The van der Waals surface area contributed by atoms with Crippen LogP contribution in [0.15, 0.2) is 36.4 Å². The number of aldehydes is 1. The van der Waals surface area contributed by atoms with E-state index in [1.54, 1.807) is 19.2 Å². The van der Waals surface area contributed by atoms with Crippen LogP contribution >= 0.6 is 11.6 Å². The Bertz CT molecular complexity index is 1220. The highest BCUT2D eigenvalue weighted by Crippen LogP contribution is 2.43. The predicted octanol–water partition coefficient (Wildman–Crippen LogP) is 3.67. The molecule has 1 saturated heterocycles. The van der Waals surface area contributed by atoms with E-state index in [0.717, 1.165) is 29.9 Å². The molecule has 9 nitrogen and oxygen atoms in total. The molecule has 1 N–H and O–H groups in total. The van der Waals surface area contributed by atoms with Crippen molar-refractivity contribution < 1.29 is 28.6 Å². The number of methoxy groups -OCH3 is 1. The van der Waals surface area contributed by atoms with Crippen molar-refractivity contribution in [1.82, 2.24) is 15.2 Å². The van der Waals surface area contributed by atoms with E-state index >= 15 is 0 Å². The van der Waals surface area contributed by atoms with Crippen molar-refractivity contribution in [3.63, 3.8) is 0 Å². The molecule has 0 radical (unpaired) electrons. The smallest absolute Gasteiger partial charge is 0.410 e. The van der Waals surface area contributed by atoms with Crippen LogP contribution in [-0.4, -0.2) is 66.1 Å². The monoisotopic (exact) mass is 513 g/mol. The molecule has 2 amide bonds. The fourth-order valence-electron chi connectivity index (χ4n) is 4.91. The third kappa shape index (κ3) is 4.84. The summed E-state index contributed by atoms with van der Waals surface area (Å²) in [4.78, 5) is 43.8. The van der Waals surface area contributed by atoms with Crippen LogP contribution in [0.1, 0.15) is 32.1 Å². The minimum atomic E-state index is -0.921. The molecular formula is C26H28ClN3O6. The molecule has 190 valence electrons. The zero-order valence-corrected chi connectivity index (χ0v) is 20.7. The fraction of sp³-hybridized carbons (Fsp3) is 0.462. The van der Waals surface area contributed by atoms with Gasteiger partial charge < -0.3 is 24.3 Å². The van der Waals surface area contributed by atoms with Crippen LogP contribution in [0.5, 0.6) is 11.6 Å². The maximum atomic E-state index is 13.3. The van der Waals surface area contributed by atoms with Crippen LogP contribution in [0.25, 0.3) is 10.8 Å². The minimum absolute atomic E-state index is 0.0326. The number of carbonyl (C=O) groups is 3. The zero-order chi connectivity index (χ0) is 25.3. The third-order valence-corrected chi connectivity index (χ3v) is 7.23. The number of carbonyl (C=O) groups excluding carboxylic acids is 3. The second kappa shape index (κ2) is 9.97. The fourth-order valence-corrected chi connectivity index (χ4v) is 5.11. The van der Waals surface area contributed by atoms with Crippen LogP contribution in [0.4, 0.5) is 4.79 Å². The molecule has 0 bridgehead atoms. The molecule has 1 saturated carbocycles. The number of nitrogens with zero attached hydrogens (tertiary/aromatic N) is 2. The molecule has 4 atom stereocenters. The van der Waals surface area contributed by atoms with Gasteiger partial charge in [0.25, 0.3) is 0 Å². The largest absolute Gasteiger partial charge is 0.497 e. The van der Waals surface area contributed by atoms with Gasteiger partial charge in [-0.15, -0.1) is 0 Å². The summed E-state index contributed by atoms with van der Waals surface area (Å²) in [6, 6.07) is 6.33. The Morgan fingerprint density at radius 3 is 2.94 bits per heavy atom. The second-order valence-corrected chi connectivity index (χ2v) is 9.86. The molecule has 3 aliphatic rings. The van der Waals surface area contributed by atoms with Gasteiger partial charge in [-0.2, -0.15) is 0 Å². The van der Waals surface area contributed by atoms with Crippen molar-refractivity contribution in [2.75, 3.05) is 20.3 Å². The van der Waals surface area contributed by atoms with E-state index in [1.165, 1.54) is 4.90 Å². The van der Waals surface area contributed by atoms with Gasteiger partial charge in [-0.05, 0) is 55.3 Å². The van der Waals surface area contributed by atoms with Gasteiger partial charge in [0.1, 0.15) is 34.9 Å². The highest BCUT2D eigenvalue weighted by atomic mass is 35.5. The Balaban J connectivity index is 1.39. The molecule has 1 aromatic carbocycles. The summed E-state index contributed by atoms with van der Waals surface area (Å²) in [6.07, 6.45) is 6.91. The van der Waals surface area contributed by atoms with Gasteiger partial charge in [0.15, 0.2) is 0 Å². The molecule has 36 heavy (non-hydrogen) atoms. The molecule has 1 aliphatic carbocycles. The summed E-state index contributed by atoms with van der Waals surface area (Å²) in [7, 11) is 1.58. The lowest BCUT2D eigenvalue weighted by molar-refractivity contribution is -0.128. The van der Waals surface area contributed by atoms with Crippen LogP contribution in [-0.2, 0) is 14.3 Å². The number of amides is 2. The van der Waals surface area contributed by atoms with E-state index < -0.39 is 29.7 Å². The lowest BCUT2D eigenvalue weighted by Gasteiger charge is -2.24. The number of aromatic nitrogens is 1. The average molecular weight is 514 g/mol. The van der Waals surface area contributed by atoms with Gasteiger partial charge in [-0.25, -0.2) is 9.78 Å². The number of hydrogen-bond donors (Lipinski definition) is 1. The molecule has 2 fully saturated rings. The van der Waals surface area contributed by atoms with E-state index in [9.17, 15) is 14.4 Å². The summed E-state index contributed by atoms with van der Waals surface area (Å²) in [6.45, 7) is 0.410. The van der Waals surface area contributed by atoms with Crippen molar-refractivity contribution in [3.8, 4) is 11.6 Å². The minimum Gasteiger partial charge on any atom is -0.497 e. The lowest BCUT2D eigenvalue weighted by Crippen LogP contribution is -2.51. The van der Waals surface area contributed by atoms with Crippen LogP contribution < -0.4 is 14.8 Å². The lowest BCUT2D eigenvalue weighted by atomic mass is 10.1. The number of rotatable bonds is 4. The van der Waals surface area contributed by atoms with Crippen molar-refractivity contribution in [2.45, 2.75) is 49.8 Å². The first-order valence-electron chi connectivity index (χ1n) is 12.1. The zero-order valence-electron chi connectivity index (χ0n) is 19.9. The number of allylic oxidation sites excluding steroid dienone is 1. The number of nitrogens with one attached hydrogen (secondary N) is 1. The number of ether oxygens (including phenoxy) is 3. The van der Waals surface area contributed by atoms with Crippen molar-refractivity contribution in [3.05, 3.63) is 41.6 Å². The molecule has 0 unspecified atom stereocenters. The van der Waals surface area contributed by atoms with Crippen LogP contribution in [0, 0.1) is 5.92 Å². The van der Waals surface area contributed by atoms with Gasteiger partial charge in [0.05, 0.1) is 20.3 Å². The Hall–Kier alpha value is -3.33. The second-order valence-electron chi connectivity index (χ2n) is 9.48. The molecule has 0 spiro atoms. The molecule has 3 heterocycles. The summed E-state index contributed by atoms with van der Waals surface area (Å²) in [5.74, 6) is 0.548. The first-order valence-corrected chi connectivity index (χ1v) is 12.5. The molecule has 5 rings (SSSR count). The maximum absolute atomic E-state index is 13.3. The van der Waals surface area contributed by atoms with Gasteiger partial charge in [0.2, 0.25) is 11.8 Å². The Morgan fingerprint density at radius 2 is 2.14 bits per heavy atom. The molecule has 2 aliphatic heterocycles. The Morgan fingerprint density at radius 1 is 1.28 bits per heavy atom. The van der Waals surface area contributed by atoms with Crippen molar-refractivity contribution in [1.29, 1.82) is 0 Å². The van der Waals surface area contributed by atoms with E-state index in [4.69, 9.17) is 25.8 Å². The quantitative estimate of drug-likeness (QED) is 0.377. The first kappa shape index (κ1) is 24.4.